The second-order valence-corrected chi connectivity index (χ2v) is 3.93. The fraction of sp³-hybridized carbons (Fsp3) is 0.385. The number of aliphatic hydroxyl groups excluding tert-OH is 1. The minimum absolute atomic E-state index is 0.265. The smallest absolute Gasteiger partial charge is 0.0447 e. The summed E-state index contributed by atoms with van der Waals surface area (Å²) in [6.45, 7) is 4.31. The van der Waals surface area contributed by atoms with Crippen LogP contribution in [-0.4, -0.2) is 24.8 Å². The molecule has 0 unspecified atom stereocenters. The van der Waals surface area contributed by atoms with Crippen molar-refractivity contribution in [2.75, 3.05) is 24.6 Å². The average molecular weight is 203 g/mol. The number of hydrogen-bond acceptors (Lipinski definition) is 2. The Balaban J connectivity index is 2.25. The highest BCUT2D eigenvalue weighted by Gasteiger charge is 2.14. The van der Waals surface area contributed by atoms with Gasteiger partial charge in [-0.25, -0.2) is 0 Å². The molecule has 0 atom stereocenters. The van der Waals surface area contributed by atoms with Crippen molar-refractivity contribution >= 4 is 11.3 Å². The van der Waals surface area contributed by atoms with Crippen molar-refractivity contribution < 1.29 is 5.11 Å². The van der Waals surface area contributed by atoms with Gasteiger partial charge in [-0.15, -0.1) is 0 Å². The third kappa shape index (κ3) is 2.05. The first kappa shape index (κ1) is 10.2. The van der Waals surface area contributed by atoms with E-state index in [1.54, 1.807) is 0 Å². The number of anilines is 1. The molecule has 1 N–H and O–H groups in total. The molecule has 2 rings (SSSR count). The Hall–Kier alpha value is -1.28. The summed E-state index contributed by atoms with van der Waals surface area (Å²) < 4.78 is 0. The van der Waals surface area contributed by atoms with Gasteiger partial charge in [-0.2, -0.15) is 0 Å². The molecule has 0 aliphatic carbocycles. The van der Waals surface area contributed by atoms with E-state index >= 15 is 0 Å². The number of fused-ring (bicyclic) bond motifs is 1. The number of hydrogen-bond donors (Lipinski definition) is 1. The van der Waals surface area contributed by atoms with Crippen LogP contribution in [0.15, 0.2) is 30.3 Å². The van der Waals surface area contributed by atoms with Crippen LogP contribution in [0.4, 0.5) is 5.69 Å². The van der Waals surface area contributed by atoms with Crippen LogP contribution in [0, 0.1) is 0 Å². The highest BCUT2D eigenvalue weighted by Crippen LogP contribution is 2.30. The second kappa shape index (κ2) is 4.49. The highest BCUT2D eigenvalue weighted by molar-refractivity contribution is 5.78. The van der Waals surface area contributed by atoms with E-state index in [0.717, 1.165) is 19.5 Å². The molecule has 1 aromatic carbocycles. The molecule has 15 heavy (non-hydrogen) atoms. The zero-order valence-electron chi connectivity index (χ0n) is 9.11. The molecule has 0 radical (unpaired) electrons. The van der Waals surface area contributed by atoms with Gasteiger partial charge < -0.3 is 10.0 Å². The molecule has 2 nitrogen and oxygen atoms in total. The standard InChI is InChI=1S/C13H17NO/c1-11-7-9-14(8-4-10-15)13-6-3-2-5-12(11)13/h2-3,5-7,15H,4,8-10H2,1H3. The van der Waals surface area contributed by atoms with Crippen LogP contribution in [0.3, 0.4) is 0 Å². The van der Waals surface area contributed by atoms with Gasteiger partial charge in [-0.1, -0.05) is 24.3 Å². The van der Waals surface area contributed by atoms with Gasteiger partial charge in [0, 0.05) is 30.9 Å². The van der Waals surface area contributed by atoms with Gasteiger partial charge in [0.15, 0.2) is 0 Å². The van der Waals surface area contributed by atoms with E-state index in [1.165, 1.54) is 16.8 Å². The minimum Gasteiger partial charge on any atom is -0.396 e. The largest absolute Gasteiger partial charge is 0.396 e. The summed E-state index contributed by atoms with van der Waals surface area (Å²) in [5.41, 5.74) is 3.97. The van der Waals surface area contributed by atoms with Crippen molar-refractivity contribution in [1.82, 2.24) is 0 Å². The lowest BCUT2D eigenvalue weighted by atomic mass is 10.0. The first-order chi connectivity index (χ1) is 7.33. The van der Waals surface area contributed by atoms with Crippen LogP contribution in [0.2, 0.25) is 0 Å². The van der Waals surface area contributed by atoms with E-state index in [2.05, 4.69) is 42.2 Å². The third-order valence-electron chi connectivity index (χ3n) is 2.87. The molecule has 0 aromatic heterocycles. The Bertz CT molecular complexity index is 371. The van der Waals surface area contributed by atoms with Crippen molar-refractivity contribution in [3.63, 3.8) is 0 Å². The molecule has 1 aromatic rings. The third-order valence-corrected chi connectivity index (χ3v) is 2.87. The molecule has 0 fully saturated rings. The summed E-state index contributed by atoms with van der Waals surface area (Å²) in [6.07, 6.45) is 3.08. The Morgan fingerprint density at radius 2 is 2.13 bits per heavy atom. The van der Waals surface area contributed by atoms with E-state index in [9.17, 15) is 0 Å². The van der Waals surface area contributed by atoms with Crippen LogP contribution in [-0.2, 0) is 0 Å². The van der Waals surface area contributed by atoms with E-state index in [-0.39, 0.29) is 6.61 Å². The molecule has 0 spiro atoms. The molecule has 0 bridgehead atoms. The summed E-state index contributed by atoms with van der Waals surface area (Å²) in [4.78, 5) is 2.32. The van der Waals surface area contributed by atoms with Crippen molar-refractivity contribution in [3.05, 3.63) is 35.9 Å². The molecular weight excluding hydrogens is 186 g/mol. The Morgan fingerprint density at radius 1 is 1.33 bits per heavy atom. The maximum atomic E-state index is 8.85. The normalized spacial score (nSPS) is 14.8. The lowest BCUT2D eigenvalue weighted by Gasteiger charge is -2.29. The maximum Gasteiger partial charge on any atom is 0.0447 e. The van der Waals surface area contributed by atoms with Crippen LogP contribution in [0.1, 0.15) is 18.9 Å². The molecule has 2 heteroatoms. The first-order valence-corrected chi connectivity index (χ1v) is 5.45. The van der Waals surface area contributed by atoms with Gasteiger partial charge in [0.2, 0.25) is 0 Å². The lowest BCUT2D eigenvalue weighted by molar-refractivity contribution is 0.290. The van der Waals surface area contributed by atoms with Gasteiger partial charge in [0.05, 0.1) is 0 Å². The second-order valence-electron chi connectivity index (χ2n) is 3.93. The molecule has 0 saturated carbocycles. The number of rotatable bonds is 3. The number of benzene rings is 1. The fourth-order valence-electron chi connectivity index (χ4n) is 2.01. The molecule has 0 saturated heterocycles. The van der Waals surface area contributed by atoms with Gasteiger partial charge in [0.1, 0.15) is 0 Å². The van der Waals surface area contributed by atoms with Crippen LogP contribution >= 0.6 is 0 Å². The Morgan fingerprint density at radius 3 is 2.93 bits per heavy atom. The zero-order chi connectivity index (χ0) is 10.7. The molecule has 1 aliphatic rings. The van der Waals surface area contributed by atoms with Crippen LogP contribution < -0.4 is 4.90 Å². The van der Waals surface area contributed by atoms with E-state index in [4.69, 9.17) is 5.11 Å². The quantitative estimate of drug-likeness (QED) is 0.814. The Labute approximate surface area is 90.8 Å². The van der Waals surface area contributed by atoms with Crippen LogP contribution in [0.5, 0.6) is 0 Å². The maximum absolute atomic E-state index is 8.85. The Kier molecular flexibility index (Phi) is 3.07. The summed E-state index contributed by atoms with van der Waals surface area (Å²) in [5, 5.41) is 8.85. The monoisotopic (exact) mass is 203 g/mol. The van der Waals surface area contributed by atoms with Crippen molar-refractivity contribution in [2.24, 2.45) is 0 Å². The van der Waals surface area contributed by atoms with Gasteiger partial charge in [0.25, 0.3) is 0 Å². The SMILES string of the molecule is CC1=CCN(CCCO)c2ccccc21. The number of allylic oxidation sites excluding steroid dienone is 1. The number of aliphatic hydroxyl groups is 1. The van der Waals surface area contributed by atoms with Crippen LogP contribution in [0.25, 0.3) is 5.57 Å². The zero-order valence-corrected chi connectivity index (χ0v) is 9.11. The molecular formula is C13H17NO. The fourth-order valence-corrected chi connectivity index (χ4v) is 2.01. The van der Waals surface area contributed by atoms with Crippen molar-refractivity contribution in [1.29, 1.82) is 0 Å². The number of nitrogens with zero attached hydrogens (tertiary/aromatic N) is 1. The molecule has 1 aliphatic heterocycles. The van der Waals surface area contributed by atoms with E-state index < -0.39 is 0 Å². The molecule has 80 valence electrons. The number of para-hydroxylation sites is 1. The minimum atomic E-state index is 0.265. The van der Waals surface area contributed by atoms with Gasteiger partial charge in [-0.3, -0.25) is 0 Å². The molecule has 1 heterocycles. The van der Waals surface area contributed by atoms with Gasteiger partial charge >= 0.3 is 0 Å². The van der Waals surface area contributed by atoms with E-state index in [0.29, 0.717) is 0 Å². The van der Waals surface area contributed by atoms with Crippen molar-refractivity contribution in [2.45, 2.75) is 13.3 Å². The summed E-state index contributed by atoms with van der Waals surface area (Å²) in [5.74, 6) is 0. The summed E-state index contributed by atoms with van der Waals surface area (Å²) >= 11 is 0. The van der Waals surface area contributed by atoms with Gasteiger partial charge in [-0.05, 0) is 25.0 Å². The highest BCUT2D eigenvalue weighted by atomic mass is 16.3. The topological polar surface area (TPSA) is 23.5 Å². The first-order valence-electron chi connectivity index (χ1n) is 5.45. The summed E-state index contributed by atoms with van der Waals surface area (Å²) in [7, 11) is 0. The lowest BCUT2D eigenvalue weighted by Crippen LogP contribution is -2.28. The average Bonchev–Trinajstić information content (AvgIpc) is 2.29. The summed E-state index contributed by atoms with van der Waals surface area (Å²) in [6, 6.07) is 8.46. The predicted molar refractivity (Wildman–Crippen MR) is 64.0 cm³/mol. The predicted octanol–water partition coefficient (Wildman–Crippen LogP) is 2.29. The van der Waals surface area contributed by atoms with E-state index in [1.807, 2.05) is 0 Å². The van der Waals surface area contributed by atoms with Crippen molar-refractivity contribution in [3.8, 4) is 0 Å². The molecule has 0 amide bonds.